The number of likely N-dealkylation sites (N-methyl/N-ethyl adjacent to an activating group) is 1. The summed E-state index contributed by atoms with van der Waals surface area (Å²) in [5, 5.41) is 8.28. The molecule has 0 aliphatic heterocycles. The Morgan fingerprint density at radius 1 is 1.31 bits per heavy atom. The third-order valence-electron chi connectivity index (χ3n) is 3.80. The standard InChI is InChI=1S/C18H19N5O2S/c1-3-13-14(21-16(24)9-19-2)8-12(17(25)22-13)15-10-26-18(23-15)11-4-6-20-7-5-11/h4-8,10,19H,3,9H2,1-2H3,(H,21,24)(H,22,25). The van der Waals surface area contributed by atoms with Gasteiger partial charge in [0, 0.05) is 29.0 Å². The fraction of sp³-hybridized carbons (Fsp3) is 0.222. The van der Waals surface area contributed by atoms with E-state index in [0.29, 0.717) is 29.1 Å². The zero-order valence-corrected chi connectivity index (χ0v) is 15.3. The second-order valence-electron chi connectivity index (χ2n) is 5.61. The van der Waals surface area contributed by atoms with E-state index in [1.165, 1.54) is 11.3 Å². The molecular weight excluding hydrogens is 350 g/mol. The van der Waals surface area contributed by atoms with Crippen LogP contribution >= 0.6 is 11.3 Å². The van der Waals surface area contributed by atoms with E-state index in [2.05, 4.69) is 25.6 Å². The molecule has 8 heteroatoms. The van der Waals surface area contributed by atoms with Gasteiger partial charge >= 0.3 is 0 Å². The van der Waals surface area contributed by atoms with Crippen LogP contribution in [0.1, 0.15) is 12.6 Å². The van der Waals surface area contributed by atoms with Crippen molar-refractivity contribution in [3.05, 3.63) is 52.0 Å². The van der Waals surface area contributed by atoms with Crippen LogP contribution in [-0.4, -0.2) is 34.5 Å². The molecule has 134 valence electrons. The van der Waals surface area contributed by atoms with Crippen molar-refractivity contribution in [2.24, 2.45) is 0 Å². The number of thiazole rings is 1. The molecule has 3 heterocycles. The van der Waals surface area contributed by atoms with Gasteiger partial charge in [0.15, 0.2) is 0 Å². The van der Waals surface area contributed by atoms with Crippen LogP contribution in [0.15, 0.2) is 40.8 Å². The summed E-state index contributed by atoms with van der Waals surface area (Å²) in [6.07, 6.45) is 4.01. The Hall–Kier alpha value is -2.84. The molecule has 0 atom stereocenters. The number of hydrogen-bond donors (Lipinski definition) is 3. The number of amides is 1. The van der Waals surface area contributed by atoms with Crippen molar-refractivity contribution in [3.63, 3.8) is 0 Å². The highest BCUT2D eigenvalue weighted by molar-refractivity contribution is 7.13. The molecule has 0 aliphatic rings. The van der Waals surface area contributed by atoms with Crippen LogP contribution in [0, 0.1) is 0 Å². The second-order valence-corrected chi connectivity index (χ2v) is 6.47. The monoisotopic (exact) mass is 369 g/mol. The number of H-pyrrole nitrogens is 1. The summed E-state index contributed by atoms with van der Waals surface area (Å²) < 4.78 is 0. The molecule has 0 saturated carbocycles. The van der Waals surface area contributed by atoms with Gasteiger partial charge in [-0.05, 0) is 31.7 Å². The van der Waals surface area contributed by atoms with Crippen molar-refractivity contribution in [1.29, 1.82) is 0 Å². The molecule has 0 radical (unpaired) electrons. The number of nitrogens with zero attached hydrogens (tertiary/aromatic N) is 2. The number of aryl methyl sites for hydroxylation is 1. The first-order valence-corrected chi connectivity index (χ1v) is 9.07. The third kappa shape index (κ3) is 3.87. The summed E-state index contributed by atoms with van der Waals surface area (Å²) in [5.41, 5.74) is 3.02. The Morgan fingerprint density at radius 2 is 2.08 bits per heavy atom. The van der Waals surface area contributed by atoms with Crippen molar-refractivity contribution >= 4 is 22.9 Å². The molecule has 3 aromatic heterocycles. The Bertz CT molecular complexity index is 965. The zero-order chi connectivity index (χ0) is 18.5. The minimum absolute atomic E-state index is 0.170. The van der Waals surface area contributed by atoms with Crippen molar-refractivity contribution in [2.45, 2.75) is 13.3 Å². The lowest BCUT2D eigenvalue weighted by Crippen LogP contribution is -2.26. The van der Waals surface area contributed by atoms with Gasteiger partial charge in [0.1, 0.15) is 5.01 Å². The van der Waals surface area contributed by atoms with E-state index in [-0.39, 0.29) is 18.0 Å². The van der Waals surface area contributed by atoms with Gasteiger partial charge in [-0.2, -0.15) is 0 Å². The number of pyridine rings is 2. The van der Waals surface area contributed by atoms with Crippen LogP contribution in [0.4, 0.5) is 5.69 Å². The first-order chi connectivity index (χ1) is 12.6. The maximum absolute atomic E-state index is 12.5. The Balaban J connectivity index is 1.98. The normalized spacial score (nSPS) is 10.7. The highest BCUT2D eigenvalue weighted by atomic mass is 32.1. The number of aromatic amines is 1. The zero-order valence-electron chi connectivity index (χ0n) is 14.5. The molecule has 0 aliphatic carbocycles. The van der Waals surface area contributed by atoms with E-state index >= 15 is 0 Å². The van der Waals surface area contributed by atoms with Crippen LogP contribution in [0.5, 0.6) is 0 Å². The minimum atomic E-state index is -0.222. The number of anilines is 1. The molecule has 0 bridgehead atoms. The molecule has 3 N–H and O–H groups in total. The SMILES string of the molecule is CCc1[nH]c(=O)c(-c2csc(-c3ccncc3)n2)cc1NC(=O)CNC. The van der Waals surface area contributed by atoms with Crippen molar-refractivity contribution in [3.8, 4) is 21.8 Å². The molecule has 3 aromatic rings. The van der Waals surface area contributed by atoms with Crippen molar-refractivity contribution < 1.29 is 4.79 Å². The van der Waals surface area contributed by atoms with Crippen molar-refractivity contribution in [2.75, 3.05) is 18.9 Å². The predicted octanol–water partition coefficient (Wildman–Crippen LogP) is 2.28. The Morgan fingerprint density at radius 3 is 2.77 bits per heavy atom. The van der Waals surface area contributed by atoms with E-state index in [1.54, 1.807) is 25.5 Å². The average Bonchev–Trinajstić information content (AvgIpc) is 3.13. The summed E-state index contributed by atoms with van der Waals surface area (Å²) >= 11 is 1.46. The van der Waals surface area contributed by atoms with Crippen LogP contribution < -0.4 is 16.2 Å². The molecule has 7 nitrogen and oxygen atoms in total. The fourth-order valence-electron chi connectivity index (χ4n) is 2.53. The minimum Gasteiger partial charge on any atom is -0.324 e. The predicted molar refractivity (Wildman–Crippen MR) is 103 cm³/mol. The maximum Gasteiger partial charge on any atom is 0.257 e. The quantitative estimate of drug-likeness (QED) is 0.619. The fourth-order valence-corrected chi connectivity index (χ4v) is 3.35. The summed E-state index contributed by atoms with van der Waals surface area (Å²) in [7, 11) is 1.70. The highest BCUT2D eigenvalue weighted by Crippen LogP contribution is 2.28. The van der Waals surface area contributed by atoms with Crippen molar-refractivity contribution in [1.82, 2.24) is 20.3 Å². The van der Waals surface area contributed by atoms with Gasteiger partial charge in [-0.3, -0.25) is 14.6 Å². The van der Waals surface area contributed by atoms with E-state index in [4.69, 9.17) is 0 Å². The first kappa shape index (κ1) is 18.0. The lowest BCUT2D eigenvalue weighted by molar-refractivity contribution is -0.115. The van der Waals surface area contributed by atoms with Gasteiger partial charge in [0.05, 0.1) is 23.5 Å². The molecule has 26 heavy (non-hydrogen) atoms. The number of hydrogen-bond acceptors (Lipinski definition) is 6. The highest BCUT2D eigenvalue weighted by Gasteiger charge is 2.14. The molecule has 0 unspecified atom stereocenters. The summed E-state index contributed by atoms with van der Waals surface area (Å²) in [5.74, 6) is -0.170. The summed E-state index contributed by atoms with van der Waals surface area (Å²) in [6.45, 7) is 2.11. The van der Waals surface area contributed by atoms with E-state index in [9.17, 15) is 9.59 Å². The molecule has 1 amide bonds. The molecule has 0 spiro atoms. The number of aromatic nitrogens is 3. The van der Waals surface area contributed by atoms with Crippen LogP contribution in [0.3, 0.4) is 0 Å². The maximum atomic E-state index is 12.5. The largest absolute Gasteiger partial charge is 0.324 e. The van der Waals surface area contributed by atoms with Gasteiger partial charge < -0.3 is 15.6 Å². The van der Waals surface area contributed by atoms with Crippen LogP contribution in [0.2, 0.25) is 0 Å². The molecular formula is C18H19N5O2S. The molecule has 0 fully saturated rings. The Kier molecular flexibility index (Phi) is 5.55. The number of rotatable bonds is 6. The Labute approximate surface area is 154 Å². The van der Waals surface area contributed by atoms with E-state index < -0.39 is 0 Å². The molecule has 0 aromatic carbocycles. The van der Waals surface area contributed by atoms with Crippen LogP contribution in [-0.2, 0) is 11.2 Å². The van der Waals surface area contributed by atoms with Gasteiger partial charge in [0.25, 0.3) is 5.56 Å². The molecule has 3 rings (SSSR count). The van der Waals surface area contributed by atoms with Crippen LogP contribution in [0.25, 0.3) is 21.8 Å². The first-order valence-electron chi connectivity index (χ1n) is 8.19. The summed E-state index contributed by atoms with van der Waals surface area (Å²) in [6, 6.07) is 5.43. The third-order valence-corrected chi connectivity index (χ3v) is 4.69. The average molecular weight is 369 g/mol. The number of carbonyl (C=O) groups is 1. The van der Waals surface area contributed by atoms with Gasteiger partial charge in [0.2, 0.25) is 5.91 Å². The van der Waals surface area contributed by atoms with E-state index in [0.717, 1.165) is 10.6 Å². The number of carbonyl (C=O) groups excluding carboxylic acids is 1. The molecule has 0 saturated heterocycles. The number of nitrogens with one attached hydrogen (secondary N) is 3. The van der Waals surface area contributed by atoms with Gasteiger partial charge in [-0.15, -0.1) is 11.3 Å². The lowest BCUT2D eigenvalue weighted by Gasteiger charge is -2.11. The van der Waals surface area contributed by atoms with Gasteiger partial charge in [-0.25, -0.2) is 4.98 Å². The van der Waals surface area contributed by atoms with E-state index in [1.807, 2.05) is 24.4 Å². The second kappa shape index (κ2) is 8.03. The topological polar surface area (TPSA) is 99.8 Å². The smallest absolute Gasteiger partial charge is 0.257 e. The lowest BCUT2D eigenvalue weighted by atomic mass is 10.1. The van der Waals surface area contributed by atoms with Gasteiger partial charge in [-0.1, -0.05) is 6.92 Å². The summed E-state index contributed by atoms with van der Waals surface area (Å²) in [4.78, 5) is 35.8.